The number of fused-ring (bicyclic) bond motifs is 2. The summed E-state index contributed by atoms with van der Waals surface area (Å²) in [6.07, 6.45) is 9.64. The van der Waals surface area contributed by atoms with Crippen molar-refractivity contribution in [2.24, 2.45) is 17.8 Å². The van der Waals surface area contributed by atoms with E-state index in [0.717, 1.165) is 29.4 Å². The summed E-state index contributed by atoms with van der Waals surface area (Å²) in [5.41, 5.74) is 1.75. The van der Waals surface area contributed by atoms with Gasteiger partial charge < -0.3 is 24.6 Å². The van der Waals surface area contributed by atoms with E-state index < -0.39 is 35.6 Å². The molecule has 9 nitrogen and oxygen atoms in total. The van der Waals surface area contributed by atoms with Gasteiger partial charge in [0.1, 0.15) is 23.4 Å². The van der Waals surface area contributed by atoms with Gasteiger partial charge in [0.2, 0.25) is 6.41 Å². The number of ketones is 1. The number of benzene rings is 1. The minimum atomic E-state index is -1.19. The fourth-order valence-corrected chi connectivity index (χ4v) is 7.05. The van der Waals surface area contributed by atoms with Crippen LogP contribution >= 0.6 is 0 Å². The van der Waals surface area contributed by atoms with Crippen molar-refractivity contribution in [2.75, 3.05) is 20.2 Å². The molecule has 1 aromatic heterocycles. The predicted molar refractivity (Wildman–Crippen MR) is 181 cm³/mol. The van der Waals surface area contributed by atoms with Gasteiger partial charge in [-0.3, -0.25) is 19.9 Å². The fourth-order valence-electron chi connectivity index (χ4n) is 7.05. The fraction of sp³-hybridized carbons (Fsp3) is 0.595. The van der Waals surface area contributed by atoms with E-state index in [4.69, 9.17) is 14.2 Å². The topological polar surface area (TPSA) is 119 Å². The molecule has 2 aromatic rings. The number of aromatic nitrogens is 1. The maximum atomic E-state index is 13.3. The second-order valence-corrected chi connectivity index (χ2v) is 13.5. The van der Waals surface area contributed by atoms with Gasteiger partial charge in [-0.1, -0.05) is 56.7 Å². The molecule has 0 saturated carbocycles. The molecule has 0 aliphatic carbocycles. The van der Waals surface area contributed by atoms with Crippen LogP contribution in [0.25, 0.3) is 17.0 Å². The van der Waals surface area contributed by atoms with Crippen molar-refractivity contribution in [3.63, 3.8) is 0 Å². The minimum Gasteiger partial charge on any atom is -0.459 e. The van der Waals surface area contributed by atoms with Gasteiger partial charge in [-0.05, 0) is 89.1 Å². The Morgan fingerprint density at radius 2 is 1.91 bits per heavy atom. The number of carbonyl (C=O) groups is 2. The van der Waals surface area contributed by atoms with Crippen LogP contribution in [0.15, 0.2) is 54.3 Å². The lowest BCUT2D eigenvalue weighted by Crippen LogP contribution is -2.53. The second kappa shape index (κ2) is 15.8. The Bertz CT molecular complexity index is 1410. The van der Waals surface area contributed by atoms with Gasteiger partial charge in [0.25, 0.3) is 0 Å². The third-order valence-electron chi connectivity index (χ3n) is 9.91. The zero-order valence-electron chi connectivity index (χ0n) is 28.5. The Labute approximate surface area is 274 Å². The van der Waals surface area contributed by atoms with Crippen LogP contribution in [-0.4, -0.2) is 71.8 Å². The average molecular weight is 636 g/mol. The summed E-state index contributed by atoms with van der Waals surface area (Å²) in [7, 11) is 1.68. The van der Waals surface area contributed by atoms with Crippen molar-refractivity contribution in [3.8, 4) is 0 Å². The molecule has 9 heteroatoms. The number of pyridine rings is 1. The van der Waals surface area contributed by atoms with Crippen LogP contribution in [0.1, 0.15) is 79.2 Å². The lowest BCUT2D eigenvalue weighted by molar-refractivity contribution is -0.197. The van der Waals surface area contributed by atoms with E-state index in [2.05, 4.69) is 59.0 Å². The number of methoxy groups -OCH3 is 1. The normalized spacial score (nSPS) is 34.1. The molecule has 3 unspecified atom stereocenters. The molecule has 0 radical (unpaired) electrons. The van der Waals surface area contributed by atoms with E-state index >= 15 is 0 Å². The monoisotopic (exact) mass is 635 g/mol. The number of carbonyl (C=O) groups excluding carboxylic acids is 2. The molecule has 0 spiro atoms. The van der Waals surface area contributed by atoms with Crippen LogP contribution in [0.3, 0.4) is 0 Å². The molecule has 3 heterocycles. The third kappa shape index (κ3) is 8.69. The Morgan fingerprint density at radius 1 is 1.15 bits per heavy atom. The van der Waals surface area contributed by atoms with Gasteiger partial charge in [0.15, 0.2) is 0 Å². The molecule has 0 amide bonds. The highest BCUT2D eigenvalue weighted by atomic mass is 16.7. The van der Waals surface area contributed by atoms with Gasteiger partial charge >= 0.3 is 5.97 Å². The van der Waals surface area contributed by atoms with E-state index in [1.165, 1.54) is 5.57 Å². The Kier molecular flexibility index (Phi) is 12.3. The highest BCUT2D eigenvalue weighted by molar-refractivity contribution is 5.99. The van der Waals surface area contributed by atoms with Crippen LogP contribution in [0.4, 0.5) is 0 Å². The number of hydrogen-bond donors (Lipinski definition) is 3. The Hall–Kier alpha value is -2.95. The highest BCUT2D eigenvalue weighted by Gasteiger charge is 2.52. The number of nitrogens with zero attached hydrogens (tertiary/aromatic N) is 1. The first-order valence-corrected chi connectivity index (χ1v) is 16.7. The molecule has 2 saturated heterocycles. The maximum absolute atomic E-state index is 13.3. The predicted octanol–water partition coefficient (Wildman–Crippen LogP) is 5.57. The largest absolute Gasteiger partial charge is 0.459 e. The lowest BCUT2D eigenvalue weighted by atomic mass is 9.76. The summed E-state index contributed by atoms with van der Waals surface area (Å²) >= 11 is 0. The van der Waals surface area contributed by atoms with Gasteiger partial charge in [0, 0.05) is 37.2 Å². The van der Waals surface area contributed by atoms with Crippen molar-refractivity contribution in [1.82, 2.24) is 15.6 Å². The van der Waals surface area contributed by atoms with Gasteiger partial charge in [0.05, 0.1) is 11.1 Å². The smallest absolute Gasteiger partial charge is 0.316 e. The molecule has 1 aromatic carbocycles. The summed E-state index contributed by atoms with van der Waals surface area (Å²) < 4.78 is 18.0. The Balaban J connectivity index is 1.50. The number of esters is 1. The molecule has 2 fully saturated rings. The number of ether oxygens (including phenoxy) is 3. The van der Waals surface area contributed by atoms with Gasteiger partial charge in [-0.2, -0.15) is 0 Å². The lowest BCUT2D eigenvalue weighted by Gasteiger charge is -2.39. The summed E-state index contributed by atoms with van der Waals surface area (Å²) in [5, 5.41) is 18.4. The number of hydrogen-bond acceptors (Lipinski definition) is 9. The van der Waals surface area contributed by atoms with Crippen molar-refractivity contribution in [2.45, 2.75) is 103 Å². The standard InChI is InChI=1S/C37H53N3O6/c1-8-32-37(6)31(40-35(43)46-37)21-28(24(2)22-36(5,44-7)23-25(3)33(41)26(4)34(42)45-32)16-19-38-17-10-9-12-27-14-15-30-29(20-27)13-11-18-39-30/h9,11-16,18,20,24-26,31-32,35,38,40,43H,8,10,17,19,21-23H2,1-7H3/b12-9+,28-16-/t24-,25-,26?,31?,32-,35?,36-,37+/m1/s1. The molecule has 2 aliphatic rings. The summed E-state index contributed by atoms with van der Waals surface area (Å²) in [5.74, 6) is -1.90. The van der Waals surface area contributed by atoms with Crippen LogP contribution in [0.2, 0.25) is 0 Å². The number of rotatable bonds is 8. The van der Waals surface area contributed by atoms with E-state index in [0.29, 0.717) is 32.2 Å². The van der Waals surface area contributed by atoms with Crippen LogP contribution in [-0.2, 0) is 23.8 Å². The maximum Gasteiger partial charge on any atom is 0.316 e. The van der Waals surface area contributed by atoms with Crippen molar-refractivity contribution in [1.29, 1.82) is 0 Å². The molecule has 4 rings (SSSR count). The average Bonchev–Trinajstić information content (AvgIpc) is 3.33. The minimum absolute atomic E-state index is 0.114. The molecular formula is C37H53N3O6. The molecule has 46 heavy (non-hydrogen) atoms. The molecule has 252 valence electrons. The molecule has 0 bridgehead atoms. The van der Waals surface area contributed by atoms with Crippen LogP contribution < -0.4 is 10.6 Å². The third-order valence-corrected chi connectivity index (χ3v) is 9.91. The second-order valence-electron chi connectivity index (χ2n) is 13.5. The Morgan fingerprint density at radius 3 is 2.65 bits per heavy atom. The van der Waals surface area contributed by atoms with Crippen molar-refractivity contribution < 1.29 is 28.9 Å². The van der Waals surface area contributed by atoms with Gasteiger partial charge in [-0.25, -0.2) is 0 Å². The number of aliphatic hydroxyl groups is 1. The van der Waals surface area contributed by atoms with Crippen LogP contribution in [0, 0.1) is 17.8 Å². The van der Waals surface area contributed by atoms with E-state index in [1.807, 2.05) is 46.0 Å². The first kappa shape index (κ1) is 35.9. The first-order valence-electron chi connectivity index (χ1n) is 16.7. The SMILES string of the molecule is CC[C@H]1OC(=O)C(C)C(=O)[C@H](C)C[C@](C)(OC)C[C@@H](C)/C(=C\CNCC/C=C/c2ccc3ncccc3c2)CC2NC(O)O[C@@]21C. The first-order chi connectivity index (χ1) is 21.9. The summed E-state index contributed by atoms with van der Waals surface area (Å²) in [4.78, 5) is 30.9. The van der Waals surface area contributed by atoms with E-state index in [1.54, 1.807) is 14.0 Å². The number of cyclic esters (lactones) is 1. The quantitative estimate of drug-likeness (QED) is 0.148. The zero-order valence-corrected chi connectivity index (χ0v) is 28.5. The zero-order chi connectivity index (χ0) is 33.5. The highest BCUT2D eigenvalue weighted by Crippen LogP contribution is 2.39. The molecule has 8 atom stereocenters. The number of Topliss-reactive ketones (excluding diaryl/α,β-unsaturated/α-hetero) is 1. The van der Waals surface area contributed by atoms with E-state index in [9.17, 15) is 14.7 Å². The molecule has 3 N–H and O–H groups in total. The number of nitrogens with one attached hydrogen (secondary N) is 2. The van der Waals surface area contributed by atoms with E-state index in [-0.39, 0.29) is 23.7 Å². The van der Waals surface area contributed by atoms with Crippen molar-refractivity contribution >= 4 is 28.7 Å². The van der Waals surface area contributed by atoms with Gasteiger partial charge in [-0.15, -0.1) is 0 Å². The molecule has 2 aliphatic heterocycles. The summed E-state index contributed by atoms with van der Waals surface area (Å²) in [6, 6.07) is 9.97. The van der Waals surface area contributed by atoms with Crippen molar-refractivity contribution in [3.05, 3.63) is 59.8 Å². The number of aliphatic hydroxyl groups excluding tert-OH is 1. The summed E-state index contributed by atoms with van der Waals surface area (Å²) in [6.45, 7) is 13.0. The van der Waals surface area contributed by atoms with Crippen LogP contribution in [0.5, 0.6) is 0 Å². The molecular weight excluding hydrogens is 582 g/mol.